The molecule has 3 aromatic rings. The Bertz CT molecular complexity index is 1200. The second kappa shape index (κ2) is 11.3. The fourth-order valence-corrected chi connectivity index (χ4v) is 5.11. The van der Waals surface area contributed by atoms with Crippen LogP contribution >= 0.6 is 0 Å². The van der Waals surface area contributed by atoms with Gasteiger partial charge in [-0.05, 0) is 67.1 Å². The highest BCUT2D eigenvalue weighted by Crippen LogP contribution is 2.28. The number of amides is 1. The number of rotatable bonds is 10. The molecule has 5 nitrogen and oxygen atoms in total. The fourth-order valence-electron chi connectivity index (χ4n) is 3.70. The van der Waals surface area contributed by atoms with E-state index >= 15 is 0 Å². The molecule has 0 aromatic heterocycles. The van der Waals surface area contributed by atoms with Crippen LogP contribution in [0.4, 0.5) is 5.69 Å². The molecule has 3 rings (SSSR count). The van der Waals surface area contributed by atoms with E-state index < -0.39 is 22.5 Å². The van der Waals surface area contributed by atoms with Gasteiger partial charge in [-0.1, -0.05) is 75.2 Å². The zero-order chi connectivity index (χ0) is 24.7. The predicted octanol–water partition coefficient (Wildman–Crippen LogP) is 6.26. The Morgan fingerprint density at radius 1 is 0.941 bits per heavy atom. The summed E-state index contributed by atoms with van der Waals surface area (Å²) in [6, 6.07) is 21.1. The van der Waals surface area contributed by atoms with Gasteiger partial charge in [-0.3, -0.25) is 4.79 Å². The van der Waals surface area contributed by atoms with E-state index in [0.717, 1.165) is 40.3 Å². The molecular formula is C28H33NO4S. The molecule has 3 aromatic carbocycles. The van der Waals surface area contributed by atoms with Crippen molar-refractivity contribution in [2.45, 2.75) is 57.8 Å². The standard InChI is InChI=1S/C28H33NO4S/c1-5-6-9-23-14-16-24(17-15-23)29(34(31,32)25-18-12-22(4)13-19-25)28(30)20-33-27-11-8-7-10-26(27)21(2)3/h7-8,10-19,21H,5-6,9,20H2,1-4H3. The fraction of sp³-hybridized carbons (Fsp3) is 0.321. The van der Waals surface area contributed by atoms with Crippen LogP contribution in [-0.2, 0) is 21.2 Å². The highest BCUT2D eigenvalue weighted by molar-refractivity contribution is 7.93. The summed E-state index contributed by atoms with van der Waals surface area (Å²) in [5.74, 6) is 0.128. The van der Waals surface area contributed by atoms with Crippen molar-refractivity contribution in [1.82, 2.24) is 0 Å². The Hall–Kier alpha value is -3.12. The smallest absolute Gasteiger partial charge is 0.278 e. The molecule has 0 saturated heterocycles. The number of hydrogen-bond donors (Lipinski definition) is 0. The number of carbonyl (C=O) groups excluding carboxylic acids is 1. The Morgan fingerprint density at radius 3 is 2.21 bits per heavy atom. The quantitative estimate of drug-likeness (QED) is 0.344. The number of ether oxygens (including phenoxy) is 1. The summed E-state index contributed by atoms with van der Waals surface area (Å²) in [7, 11) is -4.13. The monoisotopic (exact) mass is 479 g/mol. The van der Waals surface area contributed by atoms with Crippen LogP contribution in [0.1, 0.15) is 56.2 Å². The predicted molar refractivity (Wildman–Crippen MR) is 137 cm³/mol. The lowest BCUT2D eigenvalue weighted by Gasteiger charge is -2.23. The minimum absolute atomic E-state index is 0.0593. The van der Waals surface area contributed by atoms with Crippen LogP contribution < -0.4 is 9.04 Å². The van der Waals surface area contributed by atoms with E-state index in [1.807, 2.05) is 51.1 Å². The van der Waals surface area contributed by atoms with Gasteiger partial charge in [0.05, 0.1) is 10.6 Å². The minimum atomic E-state index is -4.13. The topological polar surface area (TPSA) is 63.7 Å². The van der Waals surface area contributed by atoms with Gasteiger partial charge in [0.15, 0.2) is 6.61 Å². The Morgan fingerprint density at radius 2 is 1.59 bits per heavy atom. The average molecular weight is 480 g/mol. The summed E-state index contributed by atoms with van der Waals surface area (Å²) in [4.78, 5) is 13.4. The summed E-state index contributed by atoms with van der Waals surface area (Å²) >= 11 is 0. The van der Waals surface area contributed by atoms with Gasteiger partial charge in [-0.2, -0.15) is 4.31 Å². The number of carbonyl (C=O) groups is 1. The normalized spacial score (nSPS) is 11.4. The number of unbranched alkanes of at least 4 members (excludes halogenated alkanes) is 1. The van der Waals surface area contributed by atoms with E-state index in [4.69, 9.17) is 4.74 Å². The van der Waals surface area contributed by atoms with Gasteiger partial charge in [-0.15, -0.1) is 0 Å². The molecule has 0 heterocycles. The number of benzene rings is 3. The third-order valence-corrected chi connectivity index (χ3v) is 7.43. The molecule has 0 atom stereocenters. The molecule has 1 amide bonds. The second-order valence-electron chi connectivity index (χ2n) is 8.73. The summed E-state index contributed by atoms with van der Waals surface area (Å²) < 4.78 is 33.9. The van der Waals surface area contributed by atoms with Gasteiger partial charge in [0, 0.05) is 0 Å². The SMILES string of the molecule is CCCCc1ccc(N(C(=O)COc2ccccc2C(C)C)S(=O)(=O)c2ccc(C)cc2)cc1. The maximum Gasteiger partial charge on any atom is 0.278 e. The molecule has 0 radical (unpaired) electrons. The Labute approximate surface area is 203 Å². The zero-order valence-electron chi connectivity index (χ0n) is 20.3. The molecule has 0 unspecified atom stereocenters. The van der Waals surface area contributed by atoms with E-state index in [1.54, 1.807) is 30.3 Å². The van der Waals surface area contributed by atoms with Crippen molar-refractivity contribution >= 4 is 21.6 Å². The van der Waals surface area contributed by atoms with Gasteiger partial charge in [-0.25, -0.2) is 8.42 Å². The first-order valence-corrected chi connectivity index (χ1v) is 13.1. The van der Waals surface area contributed by atoms with Gasteiger partial charge in [0.25, 0.3) is 15.9 Å². The van der Waals surface area contributed by atoms with Gasteiger partial charge in [0.2, 0.25) is 0 Å². The molecule has 6 heteroatoms. The Balaban J connectivity index is 1.94. The highest BCUT2D eigenvalue weighted by Gasteiger charge is 2.31. The molecule has 0 aliphatic rings. The molecule has 0 N–H and O–H groups in total. The van der Waals surface area contributed by atoms with Crippen molar-refractivity contribution in [2.24, 2.45) is 0 Å². The maximum absolute atomic E-state index is 13.6. The van der Waals surface area contributed by atoms with Crippen molar-refractivity contribution < 1.29 is 17.9 Å². The van der Waals surface area contributed by atoms with Crippen molar-refractivity contribution in [3.63, 3.8) is 0 Å². The third-order valence-electron chi connectivity index (χ3n) is 5.67. The Kier molecular flexibility index (Phi) is 8.51. The zero-order valence-corrected chi connectivity index (χ0v) is 21.1. The number of nitrogens with zero attached hydrogens (tertiary/aromatic N) is 1. The van der Waals surface area contributed by atoms with Crippen LogP contribution in [0.5, 0.6) is 5.75 Å². The van der Waals surface area contributed by atoms with Crippen LogP contribution in [0.3, 0.4) is 0 Å². The molecule has 0 aliphatic heterocycles. The van der Waals surface area contributed by atoms with Gasteiger partial charge < -0.3 is 4.74 Å². The lowest BCUT2D eigenvalue weighted by Crippen LogP contribution is -2.40. The number of hydrogen-bond acceptors (Lipinski definition) is 4. The van der Waals surface area contributed by atoms with Crippen LogP contribution in [0.25, 0.3) is 0 Å². The van der Waals surface area contributed by atoms with Crippen molar-refractivity contribution in [3.05, 3.63) is 89.5 Å². The molecule has 0 bridgehead atoms. The number of sulfonamides is 1. The maximum atomic E-state index is 13.6. The van der Waals surface area contributed by atoms with Crippen molar-refractivity contribution in [1.29, 1.82) is 0 Å². The van der Waals surface area contributed by atoms with Crippen molar-refractivity contribution in [3.8, 4) is 5.75 Å². The number of anilines is 1. The molecule has 0 fully saturated rings. The van der Waals surface area contributed by atoms with Crippen LogP contribution in [0.15, 0.2) is 77.7 Å². The van der Waals surface area contributed by atoms with E-state index in [2.05, 4.69) is 6.92 Å². The molecule has 0 spiro atoms. The first-order valence-electron chi connectivity index (χ1n) is 11.7. The molecule has 34 heavy (non-hydrogen) atoms. The molecular weight excluding hydrogens is 446 g/mol. The van der Waals surface area contributed by atoms with Crippen LogP contribution in [0, 0.1) is 6.92 Å². The second-order valence-corrected chi connectivity index (χ2v) is 10.5. The molecule has 0 saturated carbocycles. The minimum Gasteiger partial charge on any atom is -0.483 e. The largest absolute Gasteiger partial charge is 0.483 e. The third kappa shape index (κ3) is 6.06. The molecule has 0 aliphatic carbocycles. The lowest BCUT2D eigenvalue weighted by molar-refractivity contribution is -0.119. The average Bonchev–Trinajstić information content (AvgIpc) is 2.82. The first-order chi connectivity index (χ1) is 16.2. The van der Waals surface area contributed by atoms with E-state index in [-0.39, 0.29) is 10.8 Å². The van der Waals surface area contributed by atoms with Crippen LogP contribution in [0.2, 0.25) is 0 Å². The number of aryl methyl sites for hydroxylation is 2. The van der Waals surface area contributed by atoms with E-state index in [0.29, 0.717) is 11.4 Å². The summed E-state index contributed by atoms with van der Waals surface area (Å²) in [6.45, 7) is 7.69. The molecule has 180 valence electrons. The summed E-state index contributed by atoms with van der Waals surface area (Å²) in [6.07, 6.45) is 3.03. The lowest BCUT2D eigenvalue weighted by atomic mass is 10.0. The van der Waals surface area contributed by atoms with Crippen molar-refractivity contribution in [2.75, 3.05) is 10.9 Å². The van der Waals surface area contributed by atoms with Gasteiger partial charge >= 0.3 is 0 Å². The summed E-state index contributed by atoms with van der Waals surface area (Å²) in [5, 5.41) is 0. The first kappa shape index (κ1) is 25.5. The highest BCUT2D eigenvalue weighted by atomic mass is 32.2. The number of para-hydroxylation sites is 1. The van der Waals surface area contributed by atoms with E-state index in [9.17, 15) is 13.2 Å². The van der Waals surface area contributed by atoms with E-state index in [1.165, 1.54) is 12.1 Å². The van der Waals surface area contributed by atoms with Gasteiger partial charge in [0.1, 0.15) is 5.75 Å². The summed E-state index contributed by atoms with van der Waals surface area (Å²) in [5.41, 5.74) is 3.30. The van der Waals surface area contributed by atoms with Crippen LogP contribution in [-0.4, -0.2) is 20.9 Å².